The van der Waals surface area contributed by atoms with E-state index in [-0.39, 0.29) is 30.2 Å². The summed E-state index contributed by atoms with van der Waals surface area (Å²) in [7, 11) is 1.23. The lowest BCUT2D eigenvalue weighted by atomic mass is 10.1. The molecule has 1 aromatic carbocycles. The fourth-order valence-electron chi connectivity index (χ4n) is 2.36. The van der Waals surface area contributed by atoms with E-state index < -0.39 is 11.9 Å². The molecule has 8 nitrogen and oxygen atoms in total. The van der Waals surface area contributed by atoms with Gasteiger partial charge in [0.2, 0.25) is 0 Å². The van der Waals surface area contributed by atoms with E-state index in [1.165, 1.54) is 32.4 Å². The van der Waals surface area contributed by atoms with Crippen LogP contribution in [0.25, 0.3) is 0 Å². The average molecular weight is 360 g/mol. The third kappa shape index (κ3) is 4.28. The van der Waals surface area contributed by atoms with Crippen LogP contribution >= 0.6 is 0 Å². The highest BCUT2D eigenvalue weighted by molar-refractivity contribution is 5.94. The Morgan fingerprint density at radius 3 is 2.65 bits per heavy atom. The van der Waals surface area contributed by atoms with Crippen LogP contribution in [-0.4, -0.2) is 34.2 Å². The molecule has 138 valence electrons. The van der Waals surface area contributed by atoms with Crippen molar-refractivity contribution in [2.24, 2.45) is 0 Å². The molecule has 0 aliphatic rings. The van der Waals surface area contributed by atoms with Gasteiger partial charge in [0, 0.05) is 42.5 Å². The molecule has 1 heterocycles. The predicted octanol–water partition coefficient (Wildman–Crippen LogP) is 1.91. The number of rotatable bonds is 6. The number of nitrogens with zero attached hydrogens (tertiary/aromatic N) is 1. The molecule has 0 aliphatic carbocycles. The van der Waals surface area contributed by atoms with Crippen LogP contribution in [0.3, 0.4) is 0 Å². The molecule has 0 spiro atoms. The lowest BCUT2D eigenvalue weighted by Gasteiger charge is -2.14. The summed E-state index contributed by atoms with van der Waals surface area (Å²) in [4.78, 5) is 27.0. The largest absolute Gasteiger partial charge is 0.506 e. The normalized spacial score (nSPS) is 10.3. The second-order valence-electron chi connectivity index (χ2n) is 5.50. The summed E-state index contributed by atoms with van der Waals surface area (Å²) in [5.41, 5.74) is 2.11. The molecule has 0 amide bonds. The Morgan fingerprint density at radius 2 is 2.04 bits per heavy atom. The highest BCUT2D eigenvalue weighted by Crippen LogP contribution is 2.28. The van der Waals surface area contributed by atoms with Gasteiger partial charge < -0.3 is 25.0 Å². The van der Waals surface area contributed by atoms with Crippen molar-refractivity contribution in [3.8, 4) is 11.5 Å². The molecule has 26 heavy (non-hydrogen) atoms. The Hall–Kier alpha value is -3.13. The SMILES string of the molecule is COC(=O)c1ccc(NCc2c(CO)cnc(C)c2O)cc1OC(C)=O. The summed E-state index contributed by atoms with van der Waals surface area (Å²) in [5, 5.41) is 22.6. The van der Waals surface area contributed by atoms with Gasteiger partial charge in [-0.25, -0.2) is 4.79 Å². The van der Waals surface area contributed by atoms with E-state index in [9.17, 15) is 19.8 Å². The van der Waals surface area contributed by atoms with Crippen molar-refractivity contribution < 1.29 is 29.3 Å². The van der Waals surface area contributed by atoms with Gasteiger partial charge in [-0.2, -0.15) is 0 Å². The summed E-state index contributed by atoms with van der Waals surface area (Å²) in [6.45, 7) is 2.82. The molecular formula is C18H20N2O6. The summed E-state index contributed by atoms with van der Waals surface area (Å²) in [6, 6.07) is 4.57. The van der Waals surface area contributed by atoms with Gasteiger partial charge in [-0.05, 0) is 19.1 Å². The van der Waals surface area contributed by atoms with Crippen LogP contribution in [0, 0.1) is 6.92 Å². The van der Waals surface area contributed by atoms with E-state index in [2.05, 4.69) is 15.0 Å². The van der Waals surface area contributed by atoms with Crippen LogP contribution in [0.4, 0.5) is 5.69 Å². The van der Waals surface area contributed by atoms with Crippen LogP contribution in [0.1, 0.15) is 34.1 Å². The second kappa shape index (κ2) is 8.30. The monoisotopic (exact) mass is 360 g/mol. The number of nitrogens with one attached hydrogen (secondary N) is 1. The lowest BCUT2D eigenvalue weighted by Crippen LogP contribution is -2.10. The Labute approximate surface area is 150 Å². The quantitative estimate of drug-likeness (QED) is 0.528. The fourth-order valence-corrected chi connectivity index (χ4v) is 2.36. The number of aryl methyl sites for hydroxylation is 1. The molecule has 0 saturated carbocycles. The topological polar surface area (TPSA) is 118 Å². The zero-order valence-corrected chi connectivity index (χ0v) is 14.7. The number of pyridine rings is 1. The molecule has 0 saturated heterocycles. The third-order valence-electron chi connectivity index (χ3n) is 3.71. The van der Waals surface area contributed by atoms with Crippen molar-refractivity contribution in [1.29, 1.82) is 0 Å². The molecule has 8 heteroatoms. The molecule has 0 aliphatic heterocycles. The zero-order chi connectivity index (χ0) is 19.3. The van der Waals surface area contributed by atoms with Crippen molar-refractivity contribution in [2.45, 2.75) is 27.0 Å². The predicted molar refractivity (Wildman–Crippen MR) is 93.0 cm³/mol. The first-order valence-electron chi connectivity index (χ1n) is 7.79. The van der Waals surface area contributed by atoms with Gasteiger partial charge in [-0.15, -0.1) is 0 Å². The van der Waals surface area contributed by atoms with Crippen LogP contribution in [0.2, 0.25) is 0 Å². The summed E-state index contributed by atoms with van der Waals surface area (Å²) >= 11 is 0. The van der Waals surface area contributed by atoms with E-state index in [1.807, 2.05) is 0 Å². The standard InChI is InChI=1S/C18H20N2O6/c1-10-17(23)15(12(9-21)7-19-10)8-20-13-4-5-14(18(24)25-3)16(6-13)26-11(2)22/h4-7,20-21,23H,8-9H2,1-3H3. The van der Waals surface area contributed by atoms with Crippen molar-refractivity contribution in [1.82, 2.24) is 4.98 Å². The molecule has 0 atom stereocenters. The van der Waals surface area contributed by atoms with E-state index in [1.54, 1.807) is 13.0 Å². The minimum absolute atomic E-state index is 0.00422. The van der Waals surface area contributed by atoms with Gasteiger partial charge >= 0.3 is 11.9 Å². The second-order valence-corrected chi connectivity index (χ2v) is 5.50. The van der Waals surface area contributed by atoms with Gasteiger partial charge in [-0.3, -0.25) is 9.78 Å². The number of ether oxygens (including phenoxy) is 2. The minimum Gasteiger partial charge on any atom is -0.506 e. The maximum Gasteiger partial charge on any atom is 0.341 e. The number of methoxy groups -OCH3 is 1. The van der Waals surface area contributed by atoms with Crippen LogP contribution < -0.4 is 10.1 Å². The number of benzene rings is 1. The molecular weight excluding hydrogens is 340 g/mol. The van der Waals surface area contributed by atoms with Gasteiger partial charge in [0.1, 0.15) is 17.1 Å². The number of esters is 2. The van der Waals surface area contributed by atoms with Crippen molar-refractivity contribution in [3.05, 3.63) is 46.8 Å². The zero-order valence-electron chi connectivity index (χ0n) is 14.7. The maximum atomic E-state index is 11.8. The summed E-state index contributed by atoms with van der Waals surface area (Å²) in [6.07, 6.45) is 1.50. The van der Waals surface area contributed by atoms with Gasteiger partial charge in [0.15, 0.2) is 0 Å². The summed E-state index contributed by atoms with van der Waals surface area (Å²) < 4.78 is 9.74. The Morgan fingerprint density at radius 1 is 1.31 bits per heavy atom. The van der Waals surface area contributed by atoms with Gasteiger partial charge in [-0.1, -0.05) is 0 Å². The number of aromatic nitrogens is 1. The number of aliphatic hydroxyl groups excluding tert-OH is 1. The molecule has 1 aromatic heterocycles. The molecule has 0 unspecified atom stereocenters. The third-order valence-corrected chi connectivity index (χ3v) is 3.71. The van der Waals surface area contributed by atoms with E-state index in [4.69, 9.17) is 4.74 Å². The smallest absolute Gasteiger partial charge is 0.341 e. The molecule has 0 radical (unpaired) electrons. The van der Waals surface area contributed by atoms with Crippen LogP contribution in [0.15, 0.2) is 24.4 Å². The highest BCUT2D eigenvalue weighted by atomic mass is 16.5. The first-order chi connectivity index (χ1) is 12.4. The average Bonchev–Trinajstić information content (AvgIpc) is 2.62. The van der Waals surface area contributed by atoms with Crippen molar-refractivity contribution in [2.75, 3.05) is 12.4 Å². The molecule has 2 aromatic rings. The Kier molecular flexibility index (Phi) is 6.13. The molecule has 3 N–H and O–H groups in total. The first kappa shape index (κ1) is 19.2. The van der Waals surface area contributed by atoms with Crippen LogP contribution in [0.5, 0.6) is 11.5 Å². The van der Waals surface area contributed by atoms with Crippen LogP contribution in [-0.2, 0) is 22.7 Å². The number of hydrogen-bond acceptors (Lipinski definition) is 8. The molecule has 0 fully saturated rings. The van der Waals surface area contributed by atoms with Gasteiger partial charge in [0.05, 0.1) is 19.4 Å². The van der Waals surface area contributed by atoms with E-state index >= 15 is 0 Å². The number of carbonyl (C=O) groups excluding carboxylic acids is 2. The minimum atomic E-state index is -0.627. The Bertz CT molecular complexity index is 835. The molecule has 0 bridgehead atoms. The maximum absolute atomic E-state index is 11.8. The number of aromatic hydroxyl groups is 1. The lowest BCUT2D eigenvalue weighted by molar-refractivity contribution is -0.131. The highest BCUT2D eigenvalue weighted by Gasteiger charge is 2.16. The number of anilines is 1. The summed E-state index contributed by atoms with van der Waals surface area (Å²) in [5.74, 6) is -1.14. The Balaban J connectivity index is 2.29. The van der Waals surface area contributed by atoms with Crippen molar-refractivity contribution in [3.63, 3.8) is 0 Å². The molecule has 2 rings (SSSR count). The van der Waals surface area contributed by atoms with Crippen molar-refractivity contribution >= 4 is 17.6 Å². The number of hydrogen-bond donors (Lipinski definition) is 3. The fraction of sp³-hybridized carbons (Fsp3) is 0.278. The number of aliphatic hydroxyl groups is 1. The van der Waals surface area contributed by atoms with Gasteiger partial charge in [0.25, 0.3) is 0 Å². The first-order valence-corrected chi connectivity index (χ1v) is 7.79. The van der Waals surface area contributed by atoms with E-state index in [0.717, 1.165) is 0 Å². The number of carbonyl (C=O) groups is 2. The van der Waals surface area contributed by atoms with E-state index in [0.29, 0.717) is 22.5 Å².